The van der Waals surface area contributed by atoms with E-state index in [0.29, 0.717) is 31.0 Å². The first-order valence-electron chi connectivity index (χ1n) is 7.98. The highest BCUT2D eigenvalue weighted by Crippen LogP contribution is 2.68. The van der Waals surface area contributed by atoms with Crippen LogP contribution in [0.5, 0.6) is 0 Å². The van der Waals surface area contributed by atoms with Gasteiger partial charge in [-0.05, 0) is 29.1 Å². The standard InChI is InChI=1S/C17H26O3/c1-10-16(4)6-5-12(17(10)19-7-8-20-17)11-9-15(2,3)14(18)13(11)16/h5-6,10-14,18H,7-9H2,1-4H3/t10-,11?,12?,13?,14?,16?/m1/s1. The maximum atomic E-state index is 10.9. The summed E-state index contributed by atoms with van der Waals surface area (Å²) in [6.45, 7) is 10.3. The van der Waals surface area contributed by atoms with Crippen molar-refractivity contribution in [1.82, 2.24) is 0 Å². The predicted octanol–water partition coefficient (Wildman–Crippen LogP) is 2.59. The molecule has 0 aromatic carbocycles. The minimum atomic E-state index is -0.440. The summed E-state index contributed by atoms with van der Waals surface area (Å²) < 4.78 is 12.3. The van der Waals surface area contributed by atoms with Crippen molar-refractivity contribution in [1.29, 1.82) is 0 Å². The molecular weight excluding hydrogens is 252 g/mol. The van der Waals surface area contributed by atoms with Crippen molar-refractivity contribution in [2.75, 3.05) is 13.2 Å². The number of aliphatic hydroxyl groups is 1. The smallest absolute Gasteiger partial charge is 0.178 e. The zero-order valence-corrected chi connectivity index (χ0v) is 12.9. The van der Waals surface area contributed by atoms with Gasteiger partial charge < -0.3 is 14.6 Å². The van der Waals surface area contributed by atoms with Crippen molar-refractivity contribution in [3.05, 3.63) is 12.2 Å². The Balaban J connectivity index is 1.84. The summed E-state index contributed by atoms with van der Waals surface area (Å²) in [7, 11) is 0. The maximum absolute atomic E-state index is 10.9. The normalized spacial score (nSPS) is 54.5. The summed E-state index contributed by atoms with van der Waals surface area (Å²) in [4.78, 5) is 0. The van der Waals surface area contributed by atoms with E-state index in [9.17, 15) is 5.11 Å². The van der Waals surface area contributed by atoms with Gasteiger partial charge in [-0.2, -0.15) is 0 Å². The minimum Gasteiger partial charge on any atom is -0.392 e. The molecule has 0 aromatic rings. The Morgan fingerprint density at radius 1 is 1.15 bits per heavy atom. The number of hydrogen-bond acceptors (Lipinski definition) is 3. The van der Waals surface area contributed by atoms with Gasteiger partial charge in [-0.1, -0.05) is 39.8 Å². The first-order chi connectivity index (χ1) is 9.33. The molecule has 6 atom stereocenters. The highest BCUT2D eigenvalue weighted by atomic mass is 16.7. The van der Waals surface area contributed by atoms with Crippen molar-refractivity contribution in [3.8, 4) is 0 Å². The van der Waals surface area contributed by atoms with Crippen LogP contribution < -0.4 is 0 Å². The Hall–Kier alpha value is -0.380. The van der Waals surface area contributed by atoms with Gasteiger partial charge in [-0.3, -0.25) is 0 Å². The molecule has 1 spiro atoms. The van der Waals surface area contributed by atoms with Gasteiger partial charge in [-0.15, -0.1) is 0 Å². The molecule has 1 heterocycles. The fourth-order valence-corrected chi connectivity index (χ4v) is 5.77. The molecule has 1 aliphatic heterocycles. The number of hydrogen-bond donors (Lipinski definition) is 1. The van der Waals surface area contributed by atoms with E-state index in [-0.39, 0.29) is 22.9 Å². The monoisotopic (exact) mass is 278 g/mol. The molecule has 3 heteroatoms. The van der Waals surface area contributed by atoms with Gasteiger partial charge in [0.1, 0.15) is 0 Å². The zero-order valence-electron chi connectivity index (χ0n) is 12.9. The van der Waals surface area contributed by atoms with Crippen molar-refractivity contribution >= 4 is 0 Å². The molecule has 0 radical (unpaired) electrons. The van der Waals surface area contributed by atoms with Crippen molar-refractivity contribution in [2.45, 2.75) is 46.0 Å². The Morgan fingerprint density at radius 3 is 2.45 bits per heavy atom. The zero-order chi connectivity index (χ0) is 14.3. The summed E-state index contributed by atoms with van der Waals surface area (Å²) in [5, 5.41) is 10.9. The molecule has 1 saturated heterocycles. The lowest BCUT2D eigenvalue weighted by molar-refractivity contribution is -0.287. The second-order valence-corrected chi connectivity index (χ2v) is 8.22. The largest absolute Gasteiger partial charge is 0.392 e. The molecule has 3 nitrogen and oxygen atoms in total. The quantitative estimate of drug-likeness (QED) is 0.692. The van der Waals surface area contributed by atoms with Crippen LogP contribution in [0.1, 0.15) is 34.1 Å². The summed E-state index contributed by atoms with van der Waals surface area (Å²) in [6.07, 6.45) is 5.49. The fraction of sp³-hybridized carbons (Fsp3) is 0.882. The van der Waals surface area contributed by atoms with E-state index in [1.54, 1.807) is 0 Å². The van der Waals surface area contributed by atoms with Gasteiger partial charge in [0, 0.05) is 11.8 Å². The summed E-state index contributed by atoms with van der Waals surface area (Å²) in [5.74, 6) is 0.955. The van der Waals surface area contributed by atoms with E-state index in [1.165, 1.54) is 0 Å². The van der Waals surface area contributed by atoms with E-state index in [1.807, 2.05) is 0 Å². The third-order valence-corrected chi connectivity index (χ3v) is 6.95. The lowest BCUT2D eigenvalue weighted by Gasteiger charge is -2.61. The maximum Gasteiger partial charge on any atom is 0.178 e. The SMILES string of the molecule is C[C@@H]1C2(C)C=CC(C3CC(C)(C)C(O)C32)C12OCCO2. The fourth-order valence-electron chi connectivity index (χ4n) is 5.77. The predicted molar refractivity (Wildman–Crippen MR) is 75.9 cm³/mol. The van der Waals surface area contributed by atoms with E-state index < -0.39 is 5.79 Å². The minimum absolute atomic E-state index is 0.00921. The van der Waals surface area contributed by atoms with Crippen molar-refractivity contribution in [3.63, 3.8) is 0 Å². The molecule has 5 rings (SSSR count). The molecule has 0 amide bonds. The molecule has 1 N–H and O–H groups in total. The highest BCUT2D eigenvalue weighted by molar-refractivity contribution is 5.27. The molecule has 0 aromatic heterocycles. The first kappa shape index (κ1) is 13.3. The molecular formula is C17H26O3. The molecule has 112 valence electrons. The molecule has 2 saturated carbocycles. The van der Waals surface area contributed by atoms with Crippen LogP contribution in [0.4, 0.5) is 0 Å². The second kappa shape index (κ2) is 3.68. The van der Waals surface area contributed by atoms with Crippen LogP contribution in [0.15, 0.2) is 12.2 Å². The summed E-state index contributed by atoms with van der Waals surface area (Å²) in [6, 6.07) is 0. The van der Waals surface area contributed by atoms with E-state index in [4.69, 9.17) is 9.47 Å². The Morgan fingerprint density at radius 2 is 1.80 bits per heavy atom. The molecule has 5 aliphatic rings. The van der Waals surface area contributed by atoms with E-state index in [2.05, 4.69) is 39.8 Å². The van der Waals surface area contributed by atoms with Gasteiger partial charge in [-0.25, -0.2) is 0 Å². The number of aliphatic hydroxyl groups excluding tert-OH is 1. The lowest BCUT2D eigenvalue weighted by Crippen LogP contribution is -2.64. The van der Waals surface area contributed by atoms with Gasteiger partial charge in [0.25, 0.3) is 0 Å². The topological polar surface area (TPSA) is 38.7 Å². The Bertz CT molecular complexity index is 463. The molecule has 3 fully saturated rings. The van der Waals surface area contributed by atoms with Crippen LogP contribution in [0.3, 0.4) is 0 Å². The van der Waals surface area contributed by atoms with E-state index >= 15 is 0 Å². The van der Waals surface area contributed by atoms with Crippen LogP contribution in [-0.2, 0) is 9.47 Å². The molecule has 4 aliphatic carbocycles. The van der Waals surface area contributed by atoms with Gasteiger partial charge in [0.2, 0.25) is 0 Å². The average molecular weight is 278 g/mol. The molecule has 5 unspecified atom stereocenters. The second-order valence-electron chi connectivity index (χ2n) is 8.22. The van der Waals surface area contributed by atoms with Crippen molar-refractivity contribution < 1.29 is 14.6 Å². The molecule has 20 heavy (non-hydrogen) atoms. The van der Waals surface area contributed by atoms with Crippen LogP contribution in [0.2, 0.25) is 0 Å². The highest BCUT2D eigenvalue weighted by Gasteiger charge is 2.70. The van der Waals surface area contributed by atoms with E-state index in [0.717, 1.165) is 6.42 Å². The van der Waals surface area contributed by atoms with Crippen LogP contribution >= 0.6 is 0 Å². The van der Waals surface area contributed by atoms with Crippen molar-refractivity contribution in [2.24, 2.45) is 34.5 Å². The lowest BCUT2D eigenvalue weighted by atomic mass is 9.48. The third-order valence-electron chi connectivity index (χ3n) is 6.95. The van der Waals surface area contributed by atoms with Crippen LogP contribution in [0.25, 0.3) is 0 Å². The van der Waals surface area contributed by atoms with Crippen LogP contribution in [0, 0.1) is 34.5 Å². The average Bonchev–Trinajstić information content (AvgIpc) is 2.93. The first-order valence-corrected chi connectivity index (χ1v) is 7.98. The number of ether oxygens (including phenoxy) is 2. The third kappa shape index (κ3) is 1.28. The van der Waals surface area contributed by atoms with Gasteiger partial charge in [0.15, 0.2) is 5.79 Å². The Labute approximate surface area is 121 Å². The van der Waals surface area contributed by atoms with Crippen LogP contribution in [-0.4, -0.2) is 30.2 Å². The summed E-state index contributed by atoms with van der Waals surface area (Å²) >= 11 is 0. The van der Waals surface area contributed by atoms with Gasteiger partial charge in [0.05, 0.1) is 19.3 Å². The number of allylic oxidation sites excluding steroid dienone is 1. The number of rotatable bonds is 0. The Kier molecular flexibility index (Phi) is 2.45. The summed E-state index contributed by atoms with van der Waals surface area (Å²) in [5.41, 5.74) is -0.0400. The molecule has 2 bridgehead atoms. The van der Waals surface area contributed by atoms with Gasteiger partial charge >= 0.3 is 0 Å².